The standard InChI is InChI=1S/C6H7ClN4.ClH/c7-4-3-5-9-1-2-11(5)6(8)10-4;/h3,8-9H,1-2H2;1H. The molecule has 0 saturated carbocycles. The van der Waals surface area contributed by atoms with Crippen LogP contribution in [-0.4, -0.2) is 16.1 Å². The Balaban J connectivity index is 0.000000720. The van der Waals surface area contributed by atoms with E-state index in [0.717, 1.165) is 18.9 Å². The lowest BCUT2D eigenvalue weighted by atomic mass is 10.6. The second-order valence-corrected chi connectivity index (χ2v) is 2.75. The highest BCUT2D eigenvalue weighted by atomic mass is 35.5. The Morgan fingerprint density at radius 1 is 1.67 bits per heavy atom. The van der Waals surface area contributed by atoms with Gasteiger partial charge in [-0.25, -0.2) is 4.98 Å². The summed E-state index contributed by atoms with van der Waals surface area (Å²) in [5, 5.41) is 10.9. The Bertz CT molecular complexity index is 346. The molecule has 0 radical (unpaired) electrons. The Morgan fingerprint density at radius 2 is 2.42 bits per heavy atom. The number of rotatable bonds is 0. The first-order valence-electron chi connectivity index (χ1n) is 3.33. The van der Waals surface area contributed by atoms with E-state index in [1.54, 1.807) is 10.6 Å². The van der Waals surface area contributed by atoms with Gasteiger partial charge in [-0.3, -0.25) is 9.98 Å². The van der Waals surface area contributed by atoms with Crippen LogP contribution in [0.5, 0.6) is 0 Å². The van der Waals surface area contributed by atoms with Crippen LogP contribution in [0.1, 0.15) is 0 Å². The molecule has 1 aromatic rings. The summed E-state index contributed by atoms with van der Waals surface area (Å²) in [5.74, 6) is 0.884. The van der Waals surface area contributed by atoms with Crippen molar-refractivity contribution in [2.24, 2.45) is 0 Å². The normalized spacial score (nSPS) is 13.1. The van der Waals surface area contributed by atoms with Crippen molar-refractivity contribution < 1.29 is 0 Å². The highest BCUT2D eigenvalue weighted by Gasteiger charge is 2.09. The molecule has 12 heavy (non-hydrogen) atoms. The molecule has 4 nitrogen and oxygen atoms in total. The first-order chi connectivity index (χ1) is 5.27. The average molecular weight is 207 g/mol. The fraction of sp³-hybridized carbons (Fsp3) is 0.333. The molecule has 0 fully saturated rings. The summed E-state index contributed by atoms with van der Waals surface area (Å²) >= 11 is 5.64. The van der Waals surface area contributed by atoms with Crippen molar-refractivity contribution in [3.05, 3.63) is 16.8 Å². The van der Waals surface area contributed by atoms with Crippen molar-refractivity contribution in [2.75, 3.05) is 11.9 Å². The van der Waals surface area contributed by atoms with E-state index in [0.29, 0.717) is 5.15 Å². The minimum Gasteiger partial charge on any atom is -0.370 e. The van der Waals surface area contributed by atoms with E-state index < -0.39 is 0 Å². The van der Waals surface area contributed by atoms with Crippen molar-refractivity contribution in [2.45, 2.75) is 6.54 Å². The largest absolute Gasteiger partial charge is 0.370 e. The highest BCUT2D eigenvalue weighted by molar-refractivity contribution is 6.29. The van der Waals surface area contributed by atoms with E-state index in [1.165, 1.54) is 0 Å². The Labute approximate surface area is 80.5 Å². The van der Waals surface area contributed by atoms with Crippen LogP contribution in [0.15, 0.2) is 6.07 Å². The van der Waals surface area contributed by atoms with Crippen molar-refractivity contribution in [1.29, 1.82) is 5.41 Å². The molecule has 2 N–H and O–H groups in total. The van der Waals surface area contributed by atoms with E-state index in [9.17, 15) is 0 Å². The number of nitrogens with zero attached hydrogens (tertiary/aromatic N) is 2. The number of aromatic nitrogens is 2. The van der Waals surface area contributed by atoms with Crippen molar-refractivity contribution in [3.63, 3.8) is 0 Å². The maximum atomic E-state index is 7.42. The molecule has 2 rings (SSSR count). The number of halogens is 2. The topological polar surface area (TPSA) is 53.7 Å². The van der Waals surface area contributed by atoms with Crippen molar-refractivity contribution >= 4 is 29.8 Å². The molecule has 0 bridgehead atoms. The van der Waals surface area contributed by atoms with Gasteiger partial charge >= 0.3 is 0 Å². The number of hydrogen-bond acceptors (Lipinski definition) is 3. The molecule has 66 valence electrons. The lowest BCUT2D eigenvalue weighted by Crippen LogP contribution is -2.20. The van der Waals surface area contributed by atoms with Crippen LogP contribution in [-0.2, 0) is 6.54 Å². The third-order valence-corrected chi connectivity index (χ3v) is 1.85. The monoisotopic (exact) mass is 206 g/mol. The predicted molar refractivity (Wildman–Crippen MR) is 48.8 cm³/mol. The number of nitrogens with one attached hydrogen (secondary N) is 2. The zero-order valence-corrected chi connectivity index (χ0v) is 7.74. The zero-order chi connectivity index (χ0) is 7.84. The molecule has 0 aromatic carbocycles. The van der Waals surface area contributed by atoms with Gasteiger partial charge in [-0.2, -0.15) is 0 Å². The smallest absolute Gasteiger partial charge is 0.224 e. The summed E-state index contributed by atoms with van der Waals surface area (Å²) in [4.78, 5) is 3.80. The molecule has 6 heteroatoms. The van der Waals surface area contributed by atoms with Crippen LogP contribution in [0.4, 0.5) is 5.82 Å². The molecule has 0 spiro atoms. The third kappa shape index (κ3) is 1.40. The predicted octanol–water partition coefficient (Wildman–Crippen LogP) is 0.863. The molecule has 0 amide bonds. The molecule has 1 aromatic heterocycles. The molecule has 2 heterocycles. The van der Waals surface area contributed by atoms with Crippen molar-refractivity contribution in [3.8, 4) is 0 Å². The van der Waals surface area contributed by atoms with Gasteiger partial charge in [0, 0.05) is 19.2 Å². The number of hydrogen-bond donors (Lipinski definition) is 2. The van der Waals surface area contributed by atoms with E-state index in [4.69, 9.17) is 17.0 Å². The van der Waals surface area contributed by atoms with Gasteiger partial charge in [-0.1, -0.05) is 11.6 Å². The first kappa shape index (κ1) is 9.35. The molecular weight excluding hydrogens is 199 g/mol. The van der Waals surface area contributed by atoms with Gasteiger partial charge in [0.15, 0.2) is 0 Å². The van der Waals surface area contributed by atoms with Crippen LogP contribution < -0.4 is 10.9 Å². The molecular formula is C6H8Cl2N4. The minimum absolute atomic E-state index is 0. The fourth-order valence-corrected chi connectivity index (χ4v) is 1.35. The summed E-state index contributed by atoms with van der Waals surface area (Å²) in [7, 11) is 0. The Kier molecular flexibility index (Phi) is 2.59. The number of fused-ring (bicyclic) bond motifs is 1. The van der Waals surface area contributed by atoms with Crippen molar-refractivity contribution in [1.82, 2.24) is 9.55 Å². The van der Waals surface area contributed by atoms with Crippen LogP contribution in [0, 0.1) is 5.41 Å². The maximum absolute atomic E-state index is 7.42. The van der Waals surface area contributed by atoms with Gasteiger partial charge in [0.2, 0.25) is 5.62 Å². The van der Waals surface area contributed by atoms with Gasteiger partial charge in [-0.05, 0) is 0 Å². The van der Waals surface area contributed by atoms with Crippen LogP contribution >= 0.6 is 24.0 Å². The van der Waals surface area contributed by atoms with Gasteiger partial charge in [0.25, 0.3) is 0 Å². The third-order valence-electron chi connectivity index (χ3n) is 1.66. The minimum atomic E-state index is 0. The summed E-state index contributed by atoms with van der Waals surface area (Å²) < 4.78 is 1.78. The lowest BCUT2D eigenvalue weighted by Gasteiger charge is -2.01. The summed E-state index contributed by atoms with van der Waals surface area (Å²) in [6, 6.07) is 1.73. The molecule has 0 saturated heterocycles. The number of anilines is 1. The van der Waals surface area contributed by atoms with Gasteiger partial charge in [0.05, 0.1) is 0 Å². The molecule has 0 aliphatic carbocycles. The van der Waals surface area contributed by atoms with Crippen LogP contribution in [0.3, 0.4) is 0 Å². The first-order valence-corrected chi connectivity index (χ1v) is 3.71. The average Bonchev–Trinajstić information content (AvgIpc) is 2.34. The molecule has 0 unspecified atom stereocenters. The molecule has 1 aliphatic heterocycles. The van der Waals surface area contributed by atoms with E-state index >= 15 is 0 Å². The molecule has 1 aliphatic rings. The van der Waals surface area contributed by atoms with E-state index in [2.05, 4.69) is 10.3 Å². The summed E-state index contributed by atoms with van der Waals surface area (Å²) in [6.07, 6.45) is 0. The second kappa shape index (κ2) is 3.33. The van der Waals surface area contributed by atoms with E-state index in [-0.39, 0.29) is 18.0 Å². The Hall–Kier alpha value is -0.740. The molecule has 0 atom stereocenters. The van der Waals surface area contributed by atoms with Crippen LogP contribution in [0.25, 0.3) is 0 Å². The maximum Gasteiger partial charge on any atom is 0.224 e. The van der Waals surface area contributed by atoms with Crippen LogP contribution in [0.2, 0.25) is 5.15 Å². The quantitative estimate of drug-likeness (QED) is 0.620. The lowest BCUT2D eigenvalue weighted by molar-refractivity contribution is 0.709. The summed E-state index contributed by atoms with van der Waals surface area (Å²) in [5.41, 5.74) is 0.220. The zero-order valence-electron chi connectivity index (χ0n) is 6.17. The van der Waals surface area contributed by atoms with E-state index in [1.807, 2.05) is 0 Å². The van der Waals surface area contributed by atoms with Gasteiger partial charge in [0.1, 0.15) is 11.0 Å². The fourth-order valence-electron chi connectivity index (χ4n) is 1.17. The highest BCUT2D eigenvalue weighted by Crippen LogP contribution is 2.13. The second-order valence-electron chi connectivity index (χ2n) is 2.37. The van der Waals surface area contributed by atoms with Gasteiger partial charge in [-0.15, -0.1) is 12.4 Å². The Morgan fingerprint density at radius 3 is 3.17 bits per heavy atom. The summed E-state index contributed by atoms with van der Waals surface area (Å²) in [6.45, 7) is 1.66. The SMILES string of the molecule is Cl.N=c1nc(Cl)cc2n1CCN2. The van der Waals surface area contributed by atoms with Gasteiger partial charge < -0.3 is 5.32 Å².